The highest BCUT2D eigenvalue weighted by atomic mass is 16.4. The maximum atomic E-state index is 11.3. The minimum absolute atomic E-state index is 0.0214. The summed E-state index contributed by atoms with van der Waals surface area (Å²) in [5.41, 5.74) is 0.761. The highest BCUT2D eigenvalue weighted by Gasteiger charge is 2.20. The molecule has 0 saturated carbocycles. The SMILES string of the molecule is CCCCN(CCO)c1cc(C(=O)O)cc(C(C)(C)C)n1. The molecule has 0 atom stereocenters. The van der Waals surface area contributed by atoms with Crippen molar-refractivity contribution in [3.05, 3.63) is 23.4 Å². The van der Waals surface area contributed by atoms with Gasteiger partial charge >= 0.3 is 5.97 Å². The number of rotatable bonds is 7. The molecule has 0 aliphatic rings. The van der Waals surface area contributed by atoms with Gasteiger partial charge in [0.25, 0.3) is 0 Å². The van der Waals surface area contributed by atoms with Crippen LogP contribution in [0.25, 0.3) is 0 Å². The van der Waals surface area contributed by atoms with E-state index in [0.29, 0.717) is 12.4 Å². The van der Waals surface area contributed by atoms with E-state index in [1.807, 2.05) is 25.7 Å². The molecule has 0 spiro atoms. The van der Waals surface area contributed by atoms with Crippen LogP contribution in [0.5, 0.6) is 0 Å². The van der Waals surface area contributed by atoms with Gasteiger partial charge in [0.15, 0.2) is 0 Å². The predicted octanol–water partition coefficient (Wildman–Crippen LogP) is 2.68. The van der Waals surface area contributed by atoms with Gasteiger partial charge in [-0.3, -0.25) is 0 Å². The van der Waals surface area contributed by atoms with Crippen LogP contribution in [0, 0.1) is 0 Å². The highest BCUT2D eigenvalue weighted by Crippen LogP contribution is 2.25. The summed E-state index contributed by atoms with van der Waals surface area (Å²) < 4.78 is 0. The number of unbranched alkanes of at least 4 members (excludes halogenated alkanes) is 1. The van der Waals surface area contributed by atoms with E-state index in [-0.39, 0.29) is 17.6 Å². The molecule has 0 saturated heterocycles. The third-order valence-corrected chi connectivity index (χ3v) is 3.30. The number of hydrogen-bond acceptors (Lipinski definition) is 4. The van der Waals surface area contributed by atoms with Crippen molar-refractivity contribution in [2.75, 3.05) is 24.6 Å². The third kappa shape index (κ3) is 5.01. The average molecular weight is 294 g/mol. The first-order valence-electron chi connectivity index (χ1n) is 7.41. The Hall–Kier alpha value is -1.62. The van der Waals surface area contributed by atoms with Crippen LogP contribution in [0.2, 0.25) is 0 Å². The van der Waals surface area contributed by atoms with Crippen LogP contribution in [0.15, 0.2) is 12.1 Å². The largest absolute Gasteiger partial charge is 0.478 e. The number of aliphatic hydroxyl groups excluding tert-OH is 1. The van der Waals surface area contributed by atoms with E-state index in [1.165, 1.54) is 0 Å². The van der Waals surface area contributed by atoms with Crippen LogP contribution >= 0.6 is 0 Å². The topological polar surface area (TPSA) is 73.7 Å². The van der Waals surface area contributed by atoms with Crippen LogP contribution in [0.1, 0.15) is 56.6 Å². The van der Waals surface area contributed by atoms with E-state index in [2.05, 4.69) is 11.9 Å². The van der Waals surface area contributed by atoms with Gasteiger partial charge in [0, 0.05) is 24.2 Å². The monoisotopic (exact) mass is 294 g/mol. The van der Waals surface area contributed by atoms with E-state index in [4.69, 9.17) is 0 Å². The first-order chi connectivity index (χ1) is 9.79. The summed E-state index contributed by atoms with van der Waals surface area (Å²) in [4.78, 5) is 17.9. The Morgan fingerprint density at radius 1 is 1.29 bits per heavy atom. The number of carboxylic acid groups (broad SMARTS) is 1. The van der Waals surface area contributed by atoms with Gasteiger partial charge in [-0.15, -0.1) is 0 Å². The molecular formula is C16H26N2O3. The molecule has 5 nitrogen and oxygen atoms in total. The molecule has 118 valence electrons. The molecule has 1 aromatic rings. The number of carboxylic acids is 1. The van der Waals surface area contributed by atoms with Gasteiger partial charge in [0.1, 0.15) is 5.82 Å². The normalized spacial score (nSPS) is 11.5. The molecule has 1 aromatic heterocycles. The number of aromatic nitrogens is 1. The smallest absolute Gasteiger partial charge is 0.335 e. The lowest BCUT2D eigenvalue weighted by molar-refractivity contribution is 0.0696. The summed E-state index contributed by atoms with van der Waals surface area (Å²) in [5.74, 6) is -0.328. The van der Waals surface area contributed by atoms with E-state index >= 15 is 0 Å². The molecule has 0 aliphatic carbocycles. The van der Waals surface area contributed by atoms with Crippen molar-refractivity contribution in [2.24, 2.45) is 0 Å². The van der Waals surface area contributed by atoms with Crippen molar-refractivity contribution in [1.29, 1.82) is 0 Å². The van der Waals surface area contributed by atoms with Crippen molar-refractivity contribution in [3.8, 4) is 0 Å². The van der Waals surface area contributed by atoms with Gasteiger partial charge in [-0.25, -0.2) is 9.78 Å². The number of aromatic carboxylic acids is 1. The summed E-state index contributed by atoms with van der Waals surface area (Å²) in [6.07, 6.45) is 2.01. The van der Waals surface area contributed by atoms with Crippen LogP contribution in [-0.4, -0.2) is 40.9 Å². The van der Waals surface area contributed by atoms with Crippen molar-refractivity contribution in [2.45, 2.75) is 46.0 Å². The summed E-state index contributed by atoms with van der Waals surface area (Å²) in [6, 6.07) is 3.21. The molecule has 0 amide bonds. The second kappa shape index (κ2) is 7.41. The lowest BCUT2D eigenvalue weighted by Gasteiger charge is -2.26. The van der Waals surface area contributed by atoms with Gasteiger partial charge < -0.3 is 15.1 Å². The fourth-order valence-electron chi connectivity index (χ4n) is 2.00. The number of pyridine rings is 1. The molecule has 2 N–H and O–H groups in total. The Labute approximate surface area is 126 Å². The standard InChI is InChI=1S/C16H26N2O3/c1-5-6-7-18(8-9-19)14-11-12(15(20)21)10-13(17-14)16(2,3)4/h10-11,19H,5-9H2,1-4H3,(H,20,21). The van der Waals surface area contributed by atoms with Crippen molar-refractivity contribution in [3.63, 3.8) is 0 Å². The lowest BCUT2D eigenvalue weighted by atomic mass is 9.90. The van der Waals surface area contributed by atoms with E-state index < -0.39 is 5.97 Å². The number of carbonyl (C=O) groups is 1. The predicted molar refractivity (Wildman–Crippen MR) is 84.1 cm³/mol. The molecule has 0 radical (unpaired) electrons. The van der Waals surface area contributed by atoms with Gasteiger partial charge in [-0.05, 0) is 18.6 Å². The van der Waals surface area contributed by atoms with Gasteiger partial charge in [-0.1, -0.05) is 34.1 Å². The van der Waals surface area contributed by atoms with Gasteiger partial charge in [0.2, 0.25) is 0 Å². The van der Waals surface area contributed by atoms with E-state index in [0.717, 1.165) is 25.1 Å². The molecule has 0 bridgehead atoms. The molecule has 21 heavy (non-hydrogen) atoms. The minimum atomic E-state index is -0.955. The fourth-order valence-corrected chi connectivity index (χ4v) is 2.00. The zero-order valence-electron chi connectivity index (χ0n) is 13.4. The Bertz CT molecular complexity index is 481. The number of hydrogen-bond donors (Lipinski definition) is 2. The first kappa shape index (κ1) is 17.4. The second-order valence-corrected chi connectivity index (χ2v) is 6.22. The summed E-state index contributed by atoms with van der Waals surface area (Å²) in [7, 11) is 0. The molecule has 1 rings (SSSR count). The second-order valence-electron chi connectivity index (χ2n) is 6.22. The summed E-state index contributed by atoms with van der Waals surface area (Å²) in [5, 5.41) is 18.5. The molecule has 5 heteroatoms. The lowest BCUT2D eigenvalue weighted by Crippen LogP contribution is -2.30. The van der Waals surface area contributed by atoms with Crippen LogP contribution in [0.4, 0.5) is 5.82 Å². The zero-order valence-corrected chi connectivity index (χ0v) is 13.4. The van der Waals surface area contributed by atoms with Crippen molar-refractivity contribution in [1.82, 2.24) is 4.98 Å². The third-order valence-electron chi connectivity index (χ3n) is 3.30. The molecule has 1 heterocycles. The first-order valence-corrected chi connectivity index (χ1v) is 7.41. The molecule has 0 unspecified atom stereocenters. The fraction of sp³-hybridized carbons (Fsp3) is 0.625. The number of aliphatic hydroxyl groups is 1. The number of anilines is 1. The molecule has 0 aromatic carbocycles. The molecule has 0 aliphatic heterocycles. The molecular weight excluding hydrogens is 268 g/mol. The number of nitrogens with zero attached hydrogens (tertiary/aromatic N) is 2. The van der Waals surface area contributed by atoms with Gasteiger partial charge in [-0.2, -0.15) is 0 Å². The minimum Gasteiger partial charge on any atom is -0.478 e. The maximum Gasteiger partial charge on any atom is 0.335 e. The van der Waals surface area contributed by atoms with Crippen LogP contribution in [-0.2, 0) is 5.41 Å². The van der Waals surface area contributed by atoms with E-state index in [1.54, 1.807) is 12.1 Å². The zero-order chi connectivity index (χ0) is 16.0. The quantitative estimate of drug-likeness (QED) is 0.809. The van der Waals surface area contributed by atoms with Crippen molar-refractivity contribution >= 4 is 11.8 Å². The van der Waals surface area contributed by atoms with Crippen LogP contribution in [0.3, 0.4) is 0 Å². The Balaban J connectivity index is 3.24. The Morgan fingerprint density at radius 2 is 1.95 bits per heavy atom. The highest BCUT2D eigenvalue weighted by molar-refractivity contribution is 5.88. The Morgan fingerprint density at radius 3 is 2.43 bits per heavy atom. The summed E-state index contributed by atoms with van der Waals surface area (Å²) in [6.45, 7) is 9.36. The van der Waals surface area contributed by atoms with Crippen LogP contribution < -0.4 is 4.90 Å². The average Bonchev–Trinajstić information content (AvgIpc) is 2.42. The van der Waals surface area contributed by atoms with E-state index in [9.17, 15) is 15.0 Å². The van der Waals surface area contributed by atoms with Crippen molar-refractivity contribution < 1.29 is 15.0 Å². The molecule has 0 fully saturated rings. The van der Waals surface area contributed by atoms with Gasteiger partial charge in [0.05, 0.1) is 12.2 Å². The maximum absolute atomic E-state index is 11.3. The Kier molecular flexibility index (Phi) is 6.15. The summed E-state index contributed by atoms with van der Waals surface area (Å²) >= 11 is 0.